The van der Waals surface area contributed by atoms with E-state index in [-0.39, 0.29) is 6.67 Å². The van der Waals surface area contributed by atoms with Crippen LogP contribution in [0.15, 0.2) is 54.6 Å². The second kappa shape index (κ2) is 14.0. The smallest absolute Gasteiger partial charge is 0.335 e. The van der Waals surface area contributed by atoms with Crippen LogP contribution in [0.1, 0.15) is 82.4 Å². The molecule has 1 N–H and O–H groups in total. The first-order chi connectivity index (χ1) is 19.9. The van der Waals surface area contributed by atoms with Crippen molar-refractivity contribution in [1.29, 1.82) is 0 Å². The maximum absolute atomic E-state index is 12.5. The van der Waals surface area contributed by atoms with Gasteiger partial charge >= 0.3 is 5.97 Å². The molecule has 1 heterocycles. The van der Waals surface area contributed by atoms with Crippen molar-refractivity contribution in [3.8, 4) is 5.75 Å². The molecule has 5 heteroatoms. The Morgan fingerprint density at radius 1 is 1.02 bits per heavy atom. The molecule has 0 atom stereocenters. The number of hydrogen-bond acceptors (Lipinski definition) is 3. The molecule has 41 heavy (non-hydrogen) atoms. The molecule has 1 fully saturated rings. The van der Waals surface area contributed by atoms with Crippen molar-refractivity contribution in [1.82, 2.24) is 4.90 Å². The van der Waals surface area contributed by atoms with E-state index in [0.717, 1.165) is 78.9 Å². The number of nitrogens with zero attached hydrogens (tertiary/aromatic N) is 1. The van der Waals surface area contributed by atoms with Crippen LogP contribution < -0.4 is 4.74 Å². The molecule has 5 rings (SSSR count). The molecule has 0 bridgehead atoms. The number of likely N-dealkylation sites (tertiary alicyclic amines) is 1. The van der Waals surface area contributed by atoms with E-state index in [4.69, 9.17) is 4.74 Å². The van der Waals surface area contributed by atoms with Crippen molar-refractivity contribution < 1.29 is 19.0 Å². The summed E-state index contributed by atoms with van der Waals surface area (Å²) in [5, 5.41) is 9.64. The molecule has 2 aliphatic rings. The van der Waals surface area contributed by atoms with E-state index in [1.165, 1.54) is 22.3 Å². The Bertz CT molecular complexity index is 1390. The van der Waals surface area contributed by atoms with Crippen molar-refractivity contribution >= 4 is 17.1 Å². The van der Waals surface area contributed by atoms with Crippen LogP contribution in [-0.2, 0) is 12.8 Å². The minimum absolute atomic E-state index is 0.241. The van der Waals surface area contributed by atoms with Gasteiger partial charge < -0.3 is 14.7 Å². The minimum Gasteiger partial charge on any atom is -0.496 e. The van der Waals surface area contributed by atoms with Gasteiger partial charge in [0.1, 0.15) is 5.75 Å². The van der Waals surface area contributed by atoms with Gasteiger partial charge in [0.25, 0.3) is 0 Å². The number of aromatic carboxylic acids is 1. The Morgan fingerprint density at radius 2 is 1.76 bits per heavy atom. The van der Waals surface area contributed by atoms with Crippen LogP contribution in [0.2, 0.25) is 0 Å². The normalized spacial score (nSPS) is 15.4. The van der Waals surface area contributed by atoms with Crippen molar-refractivity contribution in [3.05, 3.63) is 99.1 Å². The van der Waals surface area contributed by atoms with Gasteiger partial charge in [-0.2, -0.15) is 0 Å². The number of halogens is 1. The van der Waals surface area contributed by atoms with Gasteiger partial charge in [-0.3, -0.25) is 4.39 Å². The summed E-state index contributed by atoms with van der Waals surface area (Å²) in [7, 11) is 1.73. The molecule has 3 aromatic rings. The Hall–Kier alpha value is -3.44. The highest BCUT2D eigenvalue weighted by molar-refractivity contribution is 6.02. The molecule has 1 saturated heterocycles. The molecule has 0 unspecified atom stereocenters. The number of hydrogen-bond donors (Lipinski definition) is 1. The van der Waals surface area contributed by atoms with E-state index >= 15 is 0 Å². The van der Waals surface area contributed by atoms with Gasteiger partial charge in [0.15, 0.2) is 0 Å². The van der Waals surface area contributed by atoms with Gasteiger partial charge in [0, 0.05) is 25.2 Å². The van der Waals surface area contributed by atoms with E-state index in [1.807, 2.05) is 26.0 Å². The Kier molecular flexibility index (Phi) is 10.4. The average Bonchev–Trinajstić information content (AvgIpc) is 3.14. The first-order valence-corrected chi connectivity index (χ1v) is 15.0. The van der Waals surface area contributed by atoms with E-state index in [9.17, 15) is 14.3 Å². The lowest BCUT2D eigenvalue weighted by atomic mass is 9.84. The van der Waals surface area contributed by atoms with Crippen LogP contribution in [0, 0.1) is 19.8 Å². The number of aryl methyl sites for hydroxylation is 3. The number of carboxylic acid groups (broad SMARTS) is 1. The van der Waals surface area contributed by atoms with Gasteiger partial charge in [-0.1, -0.05) is 50.2 Å². The molecular formula is C36H44FNO3. The maximum atomic E-state index is 12.5. The van der Waals surface area contributed by atoms with E-state index in [1.54, 1.807) is 13.2 Å². The molecule has 0 radical (unpaired) electrons. The largest absolute Gasteiger partial charge is 0.496 e. The standard InChI is InChI=1S/C34H38FNO3.C2H6/c1-22-16-23(2)32(31(17-22)39-3)30-7-4-6-27-19-28(34(37)38)12-13-29(27)33(30)26-10-8-24(9-11-26)18-25-20-36(21-25)15-5-14-35;1-2/h8-13,16-17,19,25H,4-7,14-15,18,20-21H2,1-3H3,(H,37,38);1-2H3. The number of ether oxygens (including phenoxy) is 1. The zero-order valence-corrected chi connectivity index (χ0v) is 25.2. The zero-order valence-electron chi connectivity index (χ0n) is 25.2. The third kappa shape index (κ3) is 6.90. The van der Waals surface area contributed by atoms with Gasteiger partial charge in [-0.05, 0) is 115 Å². The fourth-order valence-corrected chi connectivity index (χ4v) is 6.39. The highest BCUT2D eigenvalue weighted by Crippen LogP contribution is 2.44. The summed E-state index contributed by atoms with van der Waals surface area (Å²) in [6.45, 7) is 10.9. The second-order valence-corrected chi connectivity index (χ2v) is 11.1. The van der Waals surface area contributed by atoms with Crippen LogP contribution in [0.5, 0.6) is 5.75 Å². The quantitative estimate of drug-likeness (QED) is 0.288. The highest BCUT2D eigenvalue weighted by atomic mass is 19.1. The molecule has 0 spiro atoms. The number of rotatable bonds is 9. The summed E-state index contributed by atoms with van der Waals surface area (Å²) < 4.78 is 18.4. The monoisotopic (exact) mass is 557 g/mol. The highest BCUT2D eigenvalue weighted by Gasteiger charge is 2.27. The number of carboxylic acids is 1. The van der Waals surface area contributed by atoms with E-state index in [0.29, 0.717) is 17.9 Å². The van der Waals surface area contributed by atoms with Gasteiger partial charge in [0.2, 0.25) is 0 Å². The maximum Gasteiger partial charge on any atom is 0.335 e. The Labute approximate surface area is 244 Å². The predicted molar refractivity (Wildman–Crippen MR) is 167 cm³/mol. The first kappa shape index (κ1) is 30.5. The number of methoxy groups -OCH3 is 1. The summed E-state index contributed by atoms with van der Waals surface area (Å²) in [4.78, 5) is 14.1. The van der Waals surface area contributed by atoms with Crippen LogP contribution in [0.3, 0.4) is 0 Å². The predicted octanol–water partition coefficient (Wildman–Crippen LogP) is 8.17. The molecule has 1 aliphatic heterocycles. The number of benzene rings is 3. The van der Waals surface area contributed by atoms with Gasteiger partial charge in [0.05, 0.1) is 19.3 Å². The number of fused-ring (bicyclic) bond motifs is 1. The number of carbonyl (C=O) groups is 1. The molecule has 0 saturated carbocycles. The van der Waals surface area contributed by atoms with Crippen molar-refractivity contribution in [2.24, 2.45) is 5.92 Å². The topological polar surface area (TPSA) is 49.8 Å². The summed E-state index contributed by atoms with van der Waals surface area (Å²) in [5.41, 5.74) is 10.9. The van der Waals surface area contributed by atoms with Crippen molar-refractivity contribution in [2.45, 2.75) is 59.8 Å². The molecular weight excluding hydrogens is 513 g/mol. The third-order valence-electron chi connectivity index (χ3n) is 8.17. The lowest BCUT2D eigenvalue weighted by Crippen LogP contribution is -2.47. The van der Waals surface area contributed by atoms with Gasteiger partial charge in [-0.25, -0.2) is 4.79 Å². The van der Waals surface area contributed by atoms with E-state index < -0.39 is 5.97 Å². The minimum atomic E-state index is -0.896. The lowest BCUT2D eigenvalue weighted by Gasteiger charge is -2.39. The summed E-state index contributed by atoms with van der Waals surface area (Å²) in [5.74, 6) is 0.606. The number of alkyl halides is 1. The SMILES string of the molecule is CC.COc1cc(C)cc(C)c1C1=C(c2ccc(CC3CN(CCCF)C3)cc2)c2ccc(C(=O)O)cc2CCC1. The average molecular weight is 558 g/mol. The summed E-state index contributed by atoms with van der Waals surface area (Å²) >= 11 is 0. The van der Waals surface area contributed by atoms with Crippen LogP contribution >= 0.6 is 0 Å². The molecule has 1 aliphatic carbocycles. The van der Waals surface area contributed by atoms with Crippen LogP contribution in [0.25, 0.3) is 11.1 Å². The second-order valence-electron chi connectivity index (χ2n) is 11.1. The molecule has 218 valence electrons. The number of allylic oxidation sites excluding steroid dienone is 1. The fourth-order valence-electron chi connectivity index (χ4n) is 6.39. The van der Waals surface area contributed by atoms with Crippen molar-refractivity contribution in [2.75, 3.05) is 33.4 Å². The lowest BCUT2D eigenvalue weighted by molar-refractivity contribution is 0.0696. The Morgan fingerprint density at radius 3 is 2.41 bits per heavy atom. The van der Waals surface area contributed by atoms with E-state index in [2.05, 4.69) is 55.1 Å². The fraction of sp³-hybridized carbons (Fsp3) is 0.417. The third-order valence-corrected chi connectivity index (χ3v) is 8.17. The zero-order chi connectivity index (χ0) is 29.5. The molecule has 3 aromatic carbocycles. The molecule has 0 aromatic heterocycles. The first-order valence-electron chi connectivity index (χ1n) is 15.0. The molecule has 4 nitrogen and oxygen atoms in total. The van der Waals surface area contributed by atoms with Crippen LogP contribution in [0.4, 0.5) is 4.39 Å². The Balaban J connectivity index is 0.00000189. The van der Waals surface area contributed by atoms with Gasteiger partial charge in [-0.15, -0.1) is 0 Å². The van der Waals surface area contributed by atoms with Crippen molar-refractivity contribution in [3.63, 3.8) is 0 Å². The summed E-state index contributed by atoms with van der Waals surface area (Å²) in [6.07, 6.45) is 4.30. The van der Waals surface area contributed by atoms with Crippen LogP contribution in [-0.4, -0.2) is 49.4 Å². The summed E-state index contributed by atoms with van der Waals surface area (Å²) in [6, 6.07) is 18.8. The molecule has 0 amide bonds.